The quantitative estimate of drug-likeness (QED) is 0.826. The van der Waals surface area contributed by atoms with Gasteiger partial charge in [-0.05, 0) is 42.5 Å². The van der Waals surface area contributed by atoms with Crippen LogP contribution in [0.3, 0.4) is 0 Å². The molecule has 100 valence electrons. The van der Waals surface area contributed by atoms with Crippen molar-refractivity contribution in [3.63, 3.8) is 0 Å². The van der Waals surface area contributed by atoms with Gasteiger partial charge in [0.15, 0.2) is 0 Å². The average molecular weight is 258 g/mol. The fourth-order valence-corrected chi connectivity index (χ4v) is 2.97. The van der Waals surface area contributed by atoms with Gasteiger partial charge in [-0.3, -0.25) is 4.79 Å². The zero-order valence-electron chi connectivity index (χ0n) is 11.0. The molecule has 1 aromatic heterocycles. The second-order valence-electron chi connectivity index (χ2n) is 5.25. The molecule has 0 bridgehead atoms. The number of fused-ring (bicyclic) bond motifs is 1. The standard InChI is InChI=1S/C15H18N2O2/c1-10(18)17-6-4-11(5-7-17)14-9-16-15-3-2-12(19)8-13(14)15/h2-3,8-9,11,16,19H,4-7H2,1H3. The van der Waals surface area contributed by atoms with Gasteiger partial charge >= 0.3 is 0 Å². The van der Waals surface area contributed by atoms with Crippen molar-refractivity contribution in [2.24, 2.45) is 0 Å². The number of nitrogens with zero attached hydrogens (tertiary/aromatic N) is 1. The molecule has 4 nitrogen and oxygen atoms in total. The Morgan fingerprint density at radius 3 is 2.79 bits per heavy atom. The molecule has 2 heterocycles. The fraction of sp³-hybridized carbons (Fsp3) is 0.400. The summed E-state index contributed by atoms with van der Waals surface area (Å²) in [6.07, 6.45) is 4.02. The number of likely N-dealkylation sites (tertiary alicyclic amines) is 1. The van der Waals surface area contributed by atoms with E-state index < -0.39 is 0 Å². The first-order chi connectivity index (χ1) is 9.15. The van der Waals surface area contributed by atoms with Crippen molar-refractivity contribution >= 4 is 16.8 Å². The predicted octanol–water partition coefficient (Wildman–Crippen LogP) is 2.60. The zero-order valence-corrected chi connectivity index (χ0v) is 11.0. The molecule has 0 aliphatic carbocycles. The van der Waals surface area contributed by atoms with Crippen molar-refractivity contribution in [2.45, 2.75) is 25.7 Å². The maximum atomic E-state index is 11.3. The van der Waals surface area contributed by atoms with Crippen LogP contribution in [0.5, 0.6) is 5.75 Å². The second kappa shape index (κ2) is 4.61. The van der Waals surface area contributed by atoms with Gasteiger partial charge in [-0.25, -0.2) is 0 Å². The third kappa shape index (κ3) is 2.18. The third-order valence-corrected chi connectivity index (χ3v) is 4.08. The number of nitrogens with one attached hydrogen (secondary N) is 1. The van der Waals surface area contributed by atoms with E-state index in [2.05, 4.69) is 4.98 Å². The first-order valence-electron chi connectivity index (χ1n) is 6.70. The molecule has 1 aliphatic heterocycles. The van der Waals surface area contributed by atoms with Crippen LogP contribution in [-0.2, 0) is 4.79 Å². The Labute approximate surface area is 112 Å². The first kappa shape index (κ1) is 12.1. The molecule has 1 saturated heterocycles. The summed E-state index contributed by atoms with van der Waals surface area (Å²) in [5.74, 6) is 0.927. The summed E-state index contributed by atoms with van der Waals surface area (Å²) < 4.78 is 0. The molecule has 1 aliphatic rings. The minimum absolute atomic E-state index is 0.162. The molecule has 0 radical (unpaired) electrons. The minimum atomic E-state index is 0.162. The normalized spacial score (nSPS) is 17.0. The topological polar surface area (TPSA) is 56.3 Å². The number of aromatic amines is 1. The highest BCUT2D eigenvalue weighted by atomic mass is 16.3. The van der Waals surface area contributed by atoms with E-state index in [1.165, 1.54) is 5.56 Å². The van der Waals surface area contributed by atoms with Gasteiger partial charge in [0.1, 0.15) is 5.75 Å². The van der Waals surface area contributed by atoms with Crippen LogP contribution in [0.1, 0.15) is 31.2 Å². The molecule has 1 fully saturated rings. The van der Waals surface area contributed by atoms with Crippen LogP contribution in [0.2, 0.25) is 0 Å². The van der Waals surface area contributed by atoms with Gasteiger partial charge in [0.25, 0.3) is 0 Å². The van der Waals surface area contributed by atoms with Crippen molar-refractivity contribution in [1.29, 1.82) is 0 Å². The van der Waals surface area contributed by atoms with E-state index in [-0.39, 0.29) is 5.91 Å². The Bertz CT molecular complexity index is 610. The van der Waals surface area contributed by atoms with E-state index in [1.807, 2.05) is 23.2 Å². The van der Waals surface area contributed by atoms with E-state index >= 15 is 0 Å². The SMILES string of the molecule is CC(=O)N1CCC(c2c[nH]c3ccc(O)cc23)CC1. The molecule has 0 spiro atoms. The Balaban J connectivity index is 1.85. The van der Waals surface area contributed by atoms with Crippen molar-refractivity contribution in [2.75, 3.05) is 13.1 Å². The molecule has 1 amide bonds. The van der Waals surface area contributed by atoms with Crippen LogP contribution in [0.15, 0.2) is 24.4 Å². The van der Waals surface area contributed by atoms with Gasteiger partial charge in [-0.1, -0.05) is 0 Å². The van der Waals surface area contributed by atoms with Crippen LogP contribution in [0.4, 0.5) is 0 Å². The maximum Gasteiger partial charge on any atom is 0.219 e. The number of rotatable bonds is 1. The van der Waals surface area contributed by atoms with E-state index in [1.54, 1.807) is 13.0 Å². The number of benzene rings is 1. The molecule has 0 unspecified atom stereocenters. The largest absolute Gasteiger partial charge is 0.508 e. The number of phenolic OH excluding ortho intramolecular Hbond substituents is 1. The number of hydrogen-bond donors (Lipinski definition) is 2. The Hall–Kier alpha value is -1.97. The van der Waals surface area contributed by atoms with Crippen LogP contribution in [0.25, 0.3) is 10.9 Å². The smallest absolute Gasteiger partial charge is 0.219 e. The molecule has 0 atom stereocenters. The fourth-order valence-electron chi connectivity index (χ4n) is 2.97. The summed E-state index contributed by atoms with van der Waals surface area (Å²) in [6.45, 7) is 3.28. The number of H-pyrrole nitrogens is 1. The number of carbonyl (C=O) groups excluding carboxylic acids is 1. The number of aromatic hydroxyl groups is 1. The highest BCUT2D eigenvalue weighted by Gasteiger charge is 2.23. The molecule has 19 heavy (non-hydrogen) atoms. The van der Waals surface area contributed by atoms with Gasteiger partial charge in [-0.15, -0.1) is 0 Å². The zero-order chi connectivity index (χ0) is 13.4. The number of aromatic nitrogens is 1. The first-order valence-corrected chi connectivity index (χ1v) is 6.70. The molecule has 0 saturated carbocycles. The maximum absolute atomic E-state index is 11.3. The number of carbonyl (C=O) groups is 1. The predicted molar refractivity (Wildman–Crippen MR) is 74.2 cm³/mol. The van der Waals surface area contributed by atoms with Gasteiger partial charge < -0.3 is 15.0 Å². The molecule has 3 rings (SSSR count). The summed E-state index contributed by atoms with van der Waals surface area (Å²) in [7, 11) is 0. The summed E-state index contributed by atoms with van der Waals surface area (Å²) in [6, 6.07) is 5.42. The molecule has 1 aromatic carbocycles. The van der Waals surface area contributed by atoms with E-state index in [9.17, 15) is 9.90 Å². The summed E-state index contributed by atoms with van der Waals surface area (Å²) in [5.41, 5.74) is 2.32. The number of phenols is 1. The highest BCUT2D eigenvalue weighted by molar-refractivity contribution is 5.85. The average Bonchev–Trinajstić information content (AvgIpc) is 2.81. The molecular weight excluding hydrogens is 240 g/mol. The summed E-state index contributed by atoms with van der Waals surface area (Å²) >= 11 is 0. The lowest BCUT2D eigenvalue weighted by molar-refractivity contribution is -0.129. The third-order valence-electron chi connectivity index (χ3n) is 4.08. The Morgan fingerprint density at radius 2 is 2.11 bits per heavy atom. The molecule has 2 N–H and O–H groups in total. The monoisotopic (exact) mass is 258 g/mol. The van der Waals surface area contributed by atoms with Crippen molar-refractivity contribution < 1.29 is 9.90 Å². The van der Waals surface area contributed by atoms with Gasteiger partial charge in [0.2, 0.25) is 5.91 Å². The van der Waals surface area contributed by atoms with Crippen molar-refractivity contribution in [1.82, 2.24) is 9.88 Å². The number of amides is 1. The Kier molecular flexibility index (Phi) is 2.93. The van der Waals surface area contributed by atoms with Gasteiger partial charge in [-0.2, -0.15) is 0 Å². The number of piperidine rings is 1. The lowest BCUT2D eigenvalue weighted by Gasteiger charge is -2.31. The van der Waals surface area contributed by atoms with Crippen molar-refractivity contribution in [3.05, 3.63) is 30.0 Å². The van der Waals surface area contributed by atoms with E-state index in [0.717, 1.165) is 36.8 Å². The van der Waals surface area contributed by atoms with Gasteiger partial charge in [0.05, 0.1) is 0 Å². The molecule has 2 aromatic rings. The van der Waals surface area contributed by atoms with E-state index in [4.69, 9.17) is 0 Å². The van der Waals surface area contributed by atoms with Crippen LogP contribution < -0.4 is 0 Å². The number of hydrogen-bond acceptors (Lipinski definition) is 2. The minimum Gasteiger partial charge on any atom is -0.508 e. The van der Waals surface area contributed by atoms with Gasteiger partial charge in [0, 0.05) is 37.1 Å². The summed E-state index contributed by atoms with van der Waals surface area (Å²) in [5, 5.41) is 10.7. The second-order valence-corrected chi connectivity index (χ2v) is 5.25. The van der Waals surface area contributed by atoms with Crippen molar-refractivity contribution in [3.8, 4) is 5.75 Å². The lowest BCUT2D eigenvalue weighted by atomic mass is 9.89. The van der Waals surface area contributed by atoms with E-state index in [0.29, 0.717) is 11.7 Å². The highest BCUT2D eigenvalue weighted by Crippen LogP contribution is 2.34. The van der Waals surface area contributed by atoms with Crippen LogP contribution in [-0.4, -0.2) is 34.0 Å². The Morgan fingerprint density at radius 1 is 1.37 bits per heavy atom. The molecular formula is C15H18N2O2. The summed E-state index contributed by atoms with van der Waals surface area (Å²) in [4.78, 5) is 16.5. The lowest BCUT2D eigenvalue weighted by Crippen LogP contribution is -2.36. The van der Waals surface area contributed by atoms with Crippen LogP contribution >= 0.6 is 0 Å². The molecule has 4 heteroatoms. The van der Waals surface area contributed by atoms with Crippen LogP contribution in [0, 0.1) is 0 Å².